The van der Waals surface area contributed by atoms with Gasteiger partial charge in [0.2, 0.25) is 0 Å². The Labute approximate surface area is 236 Å². The minimum Gasteiger partial charge on any atom is -0.489 e. The van der Waals surface area contributed by atoms with Crippen molar-refractivity contribution in [1.82, 2.24) is 23.3 Å². The molecule has 0 spiro atoms. The molecule has 0 bridgehead atoms. The molecular weight excluding hydrogens is 530 g/mol. The predicted molar refractivity (Wildman–Crippen MR) is 150 cm³/mol. The van der Waals surface area contributed by atoms with Gasteiger partial charge in [-0.15, -0.1) is 0 Å². The summed E-state index contributed by atoms with van der Waals surface area (Å²) in [6.45, 7) is 6.42. The molecule has 1 atom stereocenters. The Hall–Kier alpha value is -2.99. The lowest BCUT2D eigenvalue weighted by molar-refractivity contribution is 0.00853. The summed E-state index contributed by atoms with van der Waals surface area (Å²) in [7, 11) is -3.40. The van der Waals surface area contributed by atoms with Gasteiger partial charge in [0.25, 0.3) is 22.0 Å². The third-order valence-electron chi connectivity index (χ3n) is 8.52. The summed E-state index contributed by atoms with van der Waals surface area (Å²) in [5, 5.41) is 0. The summed E-state index contributed by atoms with van der Waals surface area (Å²) < 4.78 is 34.8. The van der Waals surface area contributed by atoms with E-state index in [2.05, 4.69) is 4.90 Å². The molecule has 0 aliphatic carbocycles. The van der Waals surface area contributed by atoms with E-state index < -0.39 is 10.2 Å². The summed E-state index contributed by atoms with van der Waals surface area (Å²) >= 11 is 0. The SMILES string of the molecule is O=C(c1ccccc1)N1CCN(C2CN(C(=O)c3ccc(O[C@H]4CCN(S(=O)(=O)N5CCCC5)C4)cc3)C2)CC1. The minimum atomic E-state index is -3.40. The zero-order valence-electron chi connectivity index (χ0n) is 22.7. The van der Waals surface area contributed by atoms with E-state index in [0.717, 1.165) is 31.5 Å². The van der Waals surface area contributed by atoms with E-state index in [9.17, 15) is 18.0 Å². The molecule has 4 aliphatic rings. The van der Waals surface area contributed by atoms with Gasteiger partial charge < -0.3 is 14.5 Å². The topological polar surface area (TPSA) is 93.7 Å². The average Bonchev–Trinajstić information content (AvgIpc) is 3.67. The normalized spacial score (nSPS) is 23.4. The van der Waals surface area contributed by atoms with Crippen LogP contribution in [0.15, 0.2) is 54.6 Å². The summed E-state index contributed by atoms with van der Waals surface area (Å²) in [6.07, 6.45) is 2.30. The first-order chi connectivity index (χ1) is 19.4. The maximum Gasteiger partial charge on any atom is 0.282 e. The fourth-order valence-corrected chi connectivity index (χ4v) is 7.78. The third kappa shape index (κ3) is 5.60. The molecule has 4 heterocycles. The van der Waals surface area contributed by atoms with Crippen molar-refractivity contribution in [1.29, 1.82) is 0 Å². The zero-order valence-corrected chi connectivity index (χ0v) is 23.5. The Morgan fingerprint density at radius 2 is 1.30 bits per heavy atom. The Bertz CT molecular complexity index is 1300. The van der Waals surface area contributed by atoms with Crippen LogP contribution in [-0.2, 0) is 10.2 Å². The first kappa shape index (κ1) is 27.2. The molecule has 0 saturated carbocycles. The van der Waals surface area contributed by atoms with Crippen LogP contribution in [-0.4, -0.2) is 121 Å². The highest BCUT2D eigenvalue weighted by Crippen LogP contribution is 2.25. The highest BCUT2D eigenvalue weighted by molar-refractivity contribution is 7.86. The summed E-state index contributed by atoms with van der Waals surface area (Å²) in [5.74, 6) is 0.728. The fourth-order valence-electron chi connectivity index (χ4n) is 6.04. The maximum absolute atomic E-state index is 13.0. The van der Waals surface area contributed by atoms with Gasteiger partial charge in [-0.1, -0.05) is 18.2 Å². The zero-order chi connectivity index (χ0) is 27.7. The van der Waals surface area contributed by atoms with Gasteiger partial charge in [0.05, 0.1) is 6.54 Å². The molecule has 2 aromatic rings. The van der Waals surface area contributed by atoms with E-state index in [-0.39, 0.29) is 17.9 Å². The molecule has 4 fully saturated rings. The monoisotopic (exact) mass is 567 g/mol. The van der Waals surface area contributed by atoms with Gasteiger partial charge in [-0.05, 0) is 55.7 Å². The highest BCUT2D eigenvalue weighted by atomic mass is 32.2. The molecular formula is C29H37N5O5S. The number of carbonyl (C=O) groups is 2. The number of likely N-dealkylation sites (tertiary alicyclic amines) is 1. The van der Waals surface area contributed by atoms with E-state index in [0.29, 0.717) is 76.1 Å². The molecule has 4 aliphatic heterocycles. The van der Waals surface area contributed by atoms with Crippen molar-refractivity contribution in [2.24, 2.45) is 0 Å². The molecule has 2 amide bonds. The van der Waals surface area contributed by atoms with Crippen molar-refractivity contribution in [2.45, 2.75) is 31.4 Å². The second-order valence-electron chi connectivity index (χ2n) is 11.1. The number of ether oxygens (including phenoxy) is 1. The van der Waals surface area contributed by atoms with E-state index in [1.165, 1.54) is 4.31 Å². The van der Waals surface area contributed by atoms with Crippen LogP contribution in [0, 0.1) is 0 Å². The van der Waals surface area contributed by atoms with Gasteiger partial charge in [-0.3, -0.25) is 14.5 Å². The van der Waals surface area contributed by atoms with Crippen molar-refractivity contribution >= 4 is 22.0 Å². The summed E-state index contributed by atoms with van der Waals surface area (Å²) in [6, 6.07) is 16.9. The summed E-state index contributed by atoms with van der Waals surface area (Å²) in [5.41, 5.74) is 1.34. The van der Waals surface area contributed by atoms with E-state index in [4.69, 9.17) is 4.74 Å². The number of amides is 2. The first-order valence-electron chi connectivity index (χ1n) is 14.3. The number of rotatable bonds is 7. The molecule has 11 heteroatoms. The molecule has 40 heavy (non-hydrogen) atoms. The third-order valence-corrected chi connectivity index (χ3v) is 10.5. The molecule has 10 nitrogen and oxygen atoms in total. The van der Waals surface area contributed by atoms with Crippen LogP contribution >= 0.6 is 0 Å². The minimum absolute atomic E-state index is 0.00411. The Balaban J connectivity index is 0.944. The molecule has 6 rings (SSSR count). The number of hydrogen-bond donors (Lipinski definition) is 0. The van der Waals surface area contributed by atoms with Gasteiger partial charge in [-0.25, -0.2) is 0 Å². The highest BCUT2D eigenvalue weighted by Gasteiger charge is 2.38. The fraction of sp³-hybridized carbons (Fsp3) is 0.517. The van der Waals surface area contributed by atoms with Crippen molar-refractivity contribution in [3.8, 4) is 5.75 Å². The van der Waals surface area contributed by atoms with Gasteiger partial charge in [-0.2, -0.15) is 17.0 Å². The average molecular weight is 568 g/mol. The van der Waals surface area contributed by atoms with Gasteiger partial charge in [0, 0.05) is 76.1 Å². The van der Waals surface area contributed by atoms with Gasteiger partial charge >= 0.3 is 0 Å². The van der Waals surface area contributed by atoms with Crippen molar-refractivity contribution in [3.63, 3.8) is 0 Å². The lowest BCUT2D eigenvalue weighted by Crippen LogP contribution is -2.64. The van der Waals surface area contributed by atoms with Crippen LogP contribution < -0.4 is 4.74 Å². The van der Waals surface area contributed by atoms with E-state index in [1.54, 1.807) is 28.6 Å². The number of piperazine rings is 1. The van der Waals surface area contributed by atoms with Crippen LogP contribution in [0.3, 0.4) is 0 Å². The lowest BCUT2D eigenvalue weighted by Gasteiger charge is -2.48. The number of benzene rings is 2. The summed E-state index contributed by atoms with van der Waals surface area (Å²) in [4.78, 5) is 31.9. The van der Waals surface area contributed by atoms with E-state index >= 15 is 0 Å². The second-order valence-corrected chi connectivity index (χ2v) is 13.0. The van der Waals surface area contributed by atoms with Crippen LogP contribution in [0.2, 0.25) is 0 Å². The first-order valence-corrected chi connectivity index (χ1v) is 15.7. The number of nitrogens with zero attached hydrogens (tertiary/aromatic N) is 5. The standard InChI is InChI=1S/C29H37N5O5S/c35-28(23-6-2-1-3-7-23)31-18-16-30(17-19-31)25-20-32(21-25)29(36)24-8-10-26(11-9-24)39-27-12-15-34(22-27)40(37,38)33-13-4-5-14-33/h1-3,6-11,25,27H,4-5,12-22H2/t27-/m0/s1. The number of hydrogen-bond acceptors (Lipinski definition) is 6. The van der Waals surface area contributed by atoms with Crippen LogP contribution in [0.1, 0.15) is 40.0 Å². The Kier molecular flexibility index (Phi) is 7.80. The Morgan fingerprint density at radius 3 is 1.98 bits per heavy atom. The second kappa shape index (κ2) is 11.5. The molecule has 0 radical (unpaired) electrons. The van der Waals surface area contributed by atoms with Gasteiger partial charge in [0.15, 0.2) is 0 Å². The van der Waals surface area contributed by atoms with Crippen LogP contribution in [0.25, 0.3) is 0 Å². The molecule has 0 aromatic heterocycles. The van der Waals surface area contributed by atoms with Crippen LogP contribution in [0.5, 0.6) is 5.75 Å². The van der Waals surface area contributed by atoms with Crippen molar-refractivity contribution < 1.29 is 22.7 Å². The molecule has 0 unspecified atom stereocenters. The van der Waals surface area contributed by atoms with Crippen molar-refractivity contribution in [3.05, 3.63) is 65.7 Å². The molecule has 0 N–H and O–H groups in total. The van der Waals surface area contributed by atoms with E-state index in [1.807, 2.05) is 40.1 Å². The number of carbonyl (C=O) groups excluding carboxylic acids is 2. The quantitative estimate of drug-likeness (QED) is 0.506. The predicted octanol–water partition coefficient (Wildman–Crippen LogP) is 1.76. The Morgan fingerprint density at radius 1 is 0.675 bits per heavy atom. The maximum atomic E-state index is 13.0. The van der Waals surface area contributed by atoms with Crippen molar-refractivity contribution in [2.75, 3.05) is 65.4 Å². The largest absolute Gasteiger partial charge is 0.489 e. The smallest absolute Gasteiger partial charge is 0.282 e. The lowest BCUT2D eigenvalue weighted by atomic mass is 10.0. The molecule has 2 aromatic carbocycles. The molecule has 214 valence electrons. The molecule has 4 saturated heterocycles. The van der Waals surface area contributed by atoms with Crippen LogP contribution in [0.4, 0.5) is 0 Å². The van der Waals surface area contributed by atoms with Gasteiger partial charge in [0.1, 0.15) is 11.9 Å².